The molecule has 0 spiro atoms. The van der Waals surface area contributed by atoms with Gasteiger partial charge in [0.1, 0.15) is 5.82 Å². The lowest BCUT2D eigenvalue weighted by atomic mass is 10.1. The lowest BCUT2D eigenvalue weighted by molar-refractivity contribution is 0.0949. The summed E-state index contributed by atoms with van der Waals surface area (Å²) in [5.41, 5.74) is 2.89. The molecular weight excluding hydrogens is 347 g/mol. The summed E-state index contributed by atoms with van der Waals surface area (Å²) in [6, 6.07) is 13.0. The molecule has 7 heteroatoms. The van der Waals surface area contributed by atoms with Gasteiger partial charge in [0.15, 0.2) is 5.69 Å². The highest BCUT2D eigenvalue weighted by Gasteiger charge is 2.16. The van der Waals surface area contributed by atoms with Crippen LogP contribution in [0.4, 0.5) is 4.39 Å². The van der Waals surface area contributed by atoms with Crippen LogP contribution in [0.2, 0.25) is 0 Å². The molecule has 6 nitrogen and oxygen atoms in total. The van der Waals surface area contributed by atoms with Crippen molar-refractivity contribution in [2.45, 2.75) is 26.8 Å². The molecule has 0 aliphatic carbocycles. The minimum atomic E-state index is -0.563. The van der Waals surface area contributed by atoms with E-state index in [0.717, 1.165) is 0 Å². The Balaban J connectivity index is 1.98. The zero-order valence-electron chi connectivity index (χ0n) is 15.1. The molecule has 0 aliphatic rings. The van der Waals surface area contributed by atoms with Crippen molar-refractivity contribution in [3.8, 4) is 0 Å². The number of nitrogens with one attached hydrogen (secondary N) is 1. The van der Waals surface area contributed by atoms with Crippen molar-refractivity contribution in [3.63, 3.8) is 0 Å². The molecule has 3 aromatic rings. The minimum absolute atomic E-state index is 0.101. The molecule has 2 aromatic carbocycles. The van der Waals surface area contributed by atoms with E-state index in [-0.39, 0.29) is 11.3 Å². The van der Waals surface area contributed by atoms with Crippen molar-refractivity contribution in [3.05, 3.63) is 76.0 Å². The van der Waals surface area contributed by atoms with E-state index in [1.165, 1.54) is 10.7 Å². The fourth-order valence-electron chi connectivity index (χ4n) is 2.77. The van der Waals surface area contributed by atoms with Crippen LogP contribution in [0.3, 0.4) is 0 Å². The average molecular weight is 366 g/mol. The van der Waals surface area contributed by atoms with Crippen LogP contribution < -0.4 is 11.0 Å². The molecule has 0 radical (unpaired) electrons. The highest BCUT2D eigenvalue weighted by atomic mass is 19.1. The Labute approximate surface area is 155 Å². The third kappa shape index (κ3) is 3.76. The third-order valence-corrected chi connectivity index (χ3v) is 4.11. The first-order chi connectivity index (χ1) is 13.0. The summed E-state index contributed by atoms with van der Waals surface area (Å²) < 4.78 is 15.1. The first-order valence-electron chi connectivity index (χ1n) is 8.62. The predicted molar refractivity (Wildman–Crippen MR) is 102 cm³/mol. The Morgan fingerprint density at radius 2 is 1.81 bits per heavy atom. The van der Waals surface area contributed by atoms with Crippen molar-refractivity contribution in [1.29, 1.82) is 0 Å². The maximum atomic E-state index is 13.8. The number of amides is 1. The van der Waals surface area contributed by atoms with Crippen molar-refractivity contribution in [2.24, 2.45) is 5.10 Å². The largest absolute Gasteiger partial charge is 0.292 e. The van der Waals surface area contributed by atoms with Gasteiger partial charge < -0.3 is 0 Å². The minimum Gasteiger partial charge on any atom is -0.267 e. The molecule has 0 saturated heterocycles. The molecule has 1 aromatic heterocycles. The maximum absolute atomic E-state index is 13.8. The molecular formula is C20H19FN4O2. The van der Waals surface area contributed by atoms with Crippen LogP contribution >= 0.6 is 0 Å². The summed E-state index contributed by atoms with van der Waals surface area (Å²) in [4.78, 5) is 25.1. The number of hydrogen-bond donors (Lipinski definition) is 1. The Kier molecular flexibility index (Phi) is 5.40. The van der Waals surface area contributed by atoms with Gasteiger partial charge in [-0.2, -0.15) is 10.2 Å². The lowest BCUT2D eigenvalue weighted by Crippen LogP contribution is -2.29. The van der Waals surface area contributed by atoms with Crippen molar-refractivity contribution in [2.75, 3.05) is 0 Å². The number of halogens is 1. The second-order valence-electron chi connectivity index (χ2n) is 6.04. The molecule has 0 unspecified atom stereocenters. The topological polar surface area (TPSA) is 76.3 Å². The zero-order chi connectivity index (χ0) is 19.4. The normalized spacial score (nSPS) is 11.6. The number of aryl methyl sites for hydroxylation is 1. The monoisotopic (exact) mass is 366 g/mol. The fourth-order valence-corrected chi connectivity index (χ4v) is 2.77. The smallest absolute Gasteiger partial charge is 0.267 e. The first-order valence-corrected chi connectivity index (χ1v) is 8.62. The summed E-state index contributed by atoms with van der Waals surface area (Å²) >= 11 is 0. The number of fused-ring (bicyclic) bond motifs is 1. The van der Waals surface area contributed by atoms with Crippen molar-refractivity contribution in [1.82, 2.24) is 15.2 Å². The Hall–Kier alpha value is -3.35. The van der Waals surface area contributed by atoms with Crippen LogP contribution in [-0.2, 0) is 6.54 Å². The highest BCUT2D eigenvalue weighted by molar-refractivity contribution is 6.06. The summed E-state index contributed by atoms with van der Waals surface area (Å²) in [5, 5.41) is 9.06. The number of nitrogens with zero attached hydrogens (tertiary/aromatic N) is 3. The number of benzene rings is 2. The van der Waals surface area contributed by atoms with E-state index >= 15 is 0 Å². The van der Waals surface area contributed by atoms with Gasteiger partial charge in [0, 0.05) is 17.5 Å². The highest BCUT2D eigenvalue weighted by Crippen LogP contribution is 2.13. The van der Waals surface area contributed by atoms with E-state index < -0.39 is 11.7 Å². The van der Waals surface area contributed by atoms with Gasteiger partial charge in [0.25, 0.3) is 11.5 Å². The number of carbonyl (C=O) groups excluding carboxylic acids is 1. The van der Waals surface area contributed by atoms with Gasteiger partial charge in [-0.3, -0.25) is 9.59 Å². The number of aromatic nitrogens is 2. The molecule has 0 aliphatic heterocycles. The number of hydrazone groups is 1. The zero-order valence-corrected chi connectivity index (χ0v) is 15.1. The van der Waals surface area contributed by atoms with E-state index in [1.54, 1.807) is 49.4 Å². The molecule has 0 atom stereocenters. The molecule has 0 bridgehead atoms. The van der Waals surface area contributed by atoms with Gasteiger partial charge in [-0.15, -0.1) is 0 Å². The third-order valence-electron chi connectivity index (χ3n) is 4.11. The maximum Gasteiger partial charge on any atom is 0.292 e. The summed E-state index contributed by atoms with van der Waals surface area (Å²) in [7, 11) is 0. The summed E-state index contributed by atoms with van der Waals surface area (Å²) in [6.07, 6.45) is 0.705. The molecule has 138 valence electrons. The first kappa shape index (κ1) is 18.4. The molecule has 1 amide bonds. The second-order valence-corrected chi connectivity index (χ2v) is 6.04. The van der Waals surface area contributed by atoms with Gasteiger partial charge in [-0.1, -0.05) is 43.3 Å². The average Bonchev–Trinajstić information content (AvgIpc) is 2.68. The molecule has 3 rings (SSSR count). The number of carbonyl (C=O) groups is 1. The van der Waals surface area contributed by atoms with Crippen LogP contribution in [-0.4, -0.2) is 21.4 Å². The Morgan fingerprint density at radius 1 is 1.15 bits per heavy atom. The van der Waals surface area contributed by atoms with Crippen LogP contribution in [0.5, 0.6) is 0 Å². The molecule has 0 fully saturated rings. The number of rotatable bonds is 5. The quantitative estimate of drug-likeness (QED) is 0.557. The van der Waals surface area contributed by atoms with Crippen LogP contribution in [0.1, 0.15) is 36.3 Å². The summed E-state index contributed by atoms with van der Waals surface area (Å²) in [5.74, 6) is -0.986. The van der Waals surface area contributed by atoms with E-state index in [4.69, 9.17) is 0 Å². The van der Waals surface area contributed by atoms with E-state index in [0.29, 0.717) is 35.0 Å². The Morgan fingerprint density at radius 3 is 2.52 bits per heavy atom. The van der Waals surface area contributed by atoms with Crippen molar-refractivity contribution < 1.29 is 9.18 Å². The van der Waals surface area contributed by atoms with Crippen molar-refractivity contribution >= 4 is 22.4 Å². The van der Waals surface area contributed by atoms with Gasteiger partial charge >= 0.3 is 0 Å². The van der Waals surface area contributed by atoms with Crippen LogP contribution in [0.25, 0.3) is 10.8 Å². The van der Waals surface area contributed by atoms with E-state index in [2.05, 4.69) is 15.6 Å². The lowest BCUT2D eigenvalue weighted by Gasteiger charge is -2.09. The van der Waals surface area contributed by atoms with E-state index in [9.17, 15) is 14.0 Å². The molecule has 1 N–H and O–H groups in total. The van der Waals surface area contributed by atoms with Gasteiger partial charge in [0.2, 0.25) is 0 Å². The predicted octanol–water partition coefficient (Wildman–Crippen LogP) is 3.10. The number of hydrogen-bond acceptors (Lipinski definition) is 4. The molecule has 0 saturated carbocycles. The van der Waals surface area contributed by atoms with E-state index in [1.807, 2.05) is 6.92 Å². The molecule has 27 heavy (non-hydrogen) atoms. The van der Waals surface area contributed by atoms with Gasteiger partial charge in [0.05, 0.1) is 11.1 Å². The van der Waals surface area contributed by atoms with Gasteiger partial charge in [-0.25, -0.2) is 14.5 Å². The fraction of sp³-hybridized carbons (Fsp3) is 0.200. The Bertz CT molecular complexity index is 1090. The standard InChI is InChI=1S/C20H19FN4O2/c1-3-12-25-20(27)16-10-5-4-9-15(16)18(24-25)19(26)23-22-13(2)14-8-6-7-11-17(14)21/h4-11H,3,12H2,1-2H3,(H,23,26)/b22-13+. The second kappa shape index (κ2) is 7.90. The summed E-state index contributed by atoms with van der Waals surface area (Å²) in [6.45, 7) is 3.93. The molecule has 1 heterocycles. The van der Waals surface area contributed by atoms with Crippen LogP contribution in [0.15, 0.2) is 58.4 Å². The van der Waals surface area contributed by atoms with Crippen LogP contribution in [0, 0.1) is 5.82 Å². The van der Waals surface area contributed by atoms with Gasteiger partial charge in [-0.05, 0) is 25.5 Å². The SMILES string of the molecule is CCCn1nc(C(=O)N/N=C(\C)c2ccccc2F)c2ccccc2c1=O.